The van der Waals surface area contributed by atoms with Gasteiger partial charge in [-0.25, -0.2) is 9.18 Å². The van der Waals surface area contributed by atoms with Crippen LogP contribution in [0.25, 0.3) is 32.8 Å². The van der Waals surface area contributed by atoms with Gasteiger partial charge in [-0.3, -0.25) is 4.79 Å². The smallest absolute Gasteiger partial charge is 0.435 e. The summed E-state index contributed by atoms with van der Waals surface area (Å²) in [6.07, 6.45) is 0.184. The van der Waals surface area contributed by atoms with E-state index >= 15 is 0 Å². The number of benzene rings is 4. The van der Waals surface area contributed by atoms with Crippen molar-refractivity contribution < 1.29 is 18.7 Å². The molecule has 11 heteroatoms. The van der Waals surface area contributed by atoms with E-state index in [1.807, 2.05) is 42.5 Å². The number of hydrogen-bond donors (Lipinski definition) is 2. The Bertz CT molecular complexity index is 1870. The van der Waals surface area contributed by atoms with Gasteiger partial charge < -0.3 is 25.6 Å². The van der Waals surface area contributed by atoms with Crippen molar-refractivity contribution in [3.05, 3.63) is 89.7 Å². The van der Waals surface area contributed by atoms with Gasteiger partial charge in [-0.15, -0.1) is 17.5 Å². The van der Waals surface area contributed by atoms with Gasteiger partial charge in [-0.05, 0) is 84.3 Å². The summed E-state index contributed by atoms with van der Waals surface area (Å²) in [7, 11) is 2.13. The molecule has 0 spiro atoms. The number of piperazine rings is 1. The first-order valence-electron chi connectivity index (χ1n) is 14.7. The van der Waals surface area contributed by atoms with Gasteiger partial charge in [-0.2, -0.15) is 4.68 Å². The summed E-state index contributed by atoms with van der Waals surface area (Å²) in [5.74, 6) is -0.382. The molecule has 3 N–H and O–H groups in total. The zero-order valence-corrected chi connectivity index (χ0v) is 26.1. The third kappa shape index (κ3) is 6.78. The normalized spacial score (nSPS) is 13.9. The van der Waals surface area contributed by atoms with Crippen LogP contribution in [0.15, 0.2) is 72.8 Å². The van der Waals surface area contributed by atoms with Gasteiger partial charge >= 0.3 is 6.09 Å². The molecule has 1 amide bonds. The molecular weight excluding hydrogens is 595 g/mol. The van der Waals surface area contributed by atoms with E-state index in [0.29, 0.717) is 34.3 Å². The van der Waals surface area contributed by atoms with Crippen molar-refractivity contribution in [2.45, 2.75) is 13.3 Å². The molecule has 1 aliphatic rings. The van der Waals surface area contributed by atoms with Gasteiger partial charge in [0.2, 0.25) is 0 Å². The highest BCUT2D eigenvalue weighted by atomic mass is 35.5. The summed E-state index contributed by atoms with van der Waals surface area (Å²) in [4.78, 5) is 30.9. The van der Waals surface area contributed by atoms with Crippen molar-refractivity contribution >= 4 is 57.6 Å². The first-order chi connectivity index (χ1) is 21.3. The highest BCUT2D eigenvalue weighted by Crippen LogP contribution is 2.35. The van der Waals surface area contributed by atoms with Crippen molar-refractivity contribution in [3.8, 4) is 11.1 Å². The number of halogens is 2. The van der Waals surface area contributed by atoms with E-state index in [0.717, 1.165) is 61.0 Å². The van der Waals surface area contributed by atoms with Gasteiger partial charge in [0, 0.05) is 44.0 Å². The summed E-state index contributed by atoms with van der Waals surface area (Å²) < 4.78 is 20.5. The molecule has 6 rings (SSSR count). The maximum Gasteiger partial charge on any atom is 0.435 e. The van der Waals surface area contributed by atoms with Gasteiger partial charge in [0.15, 0.2) is 5.82 Å². The molecule has 2 heterocycles. The van der Waals surface area contributed by atoms with Gasteiger partial charge in [0.25, 0.3) is 5.91 Å². The van der Waals surface area contributed by atoms with Crippen LogP contribution in [0.5, 0.6) is 0 Å². The number of carbonyl (C=O) groups excluding carboxylic acids is 2. The van der Waals surface area contributed by atoms with Crippen LogP contribution in [0.2, 0.25) is 0 Å². The maximum absolute atomic E-state index is 13.7. The second-order valence-corrected chi connectivity index (χ2v) is 11.3. The fourth-order valence-electron chi connectivity index (χ4n) is 5.73. The van der Waals surface area contributed by atoms with Crippen molar-refractivity contribution in [2.75, 3.05) is 57.4 Å². The fourth-order valence-corrected chi connectivity index (χ4v) is 5.73. The van der Waals surface area contributed by atoms with Crippen LogP contribution in [-0.2, 0) is 4.74 Å². The maximum atomic E-state index is 13.7. The molecule has 5 aromatic rings. The number of aromatic nitrogens is 2. The van der Waals surface area contributed by atoms with Crippen LogP contribution >= 0.6 is 12.4 Å². The predicted octanol–water partition coefficient (Wildman–Crippen LogP) is 6.18. The minimum absolute atomic E-state index is 0. The second-order valence-electron chi connectivity index (χ2n) is 11.3. The van der Waals surface area contributed by atoms with E-state index in [-0.39, 0.29) is 29.9 Å². The summed E-state index contributed by atoms with van der Waals surface area (Å²) in [6.45, 7) is 6.97. The minimum Gasteiger partial charge on any atom is -0.448 e. The molecule has 0 atom stereocenters. The van der Waals surface area contributed by atoms with Crippen molar-refractivity contribution in [1.29, 1.82) is 0 Å². The Morgan fingerprint density at radius 1 is 1.00 bits per heavy atom. The van der Waals surface area contributed by atoms with Gasteiger partial charge in [-0.1, -0.05) is 36.4 Å². The Morgan fingerprint density at radius 3 is 2.56 bits per heavy atom. The summed E-state index contributed by atoms with van der Waals surface area (Å²) in [5, 5.41) is 9.47. The second kappa shape index (κ2) is 13.6. The van der Waals surface area contributed by atoms with Crippen molar-refractivity contribution in [1.82, 2.24) is 19.6 Å². The Kier molecular flexibility index (Phi) is 9.67. The zero-order chi connectivity index (χ0) is 30.8. The minimum atomic E-state index is -0.562. The Balaban J connectivity index is 0.00000400. The lowest BCUT2D eigenvalue weighted by atomic mass is 9.96. The third-order valence-corrected chi connectivity index (χ3v) is 8.20. The number of likely N-dealkylation sites (N-methyl/N-ethyl adjacent to an activating group) is 1. The lowest BCUT2D eigenvalue weighted by molar-refractivity contribution is 0.102. The number of rotatable bonds is 7. The first kappa shape index (κ1) is 31.9. The topological polar surface area (TPSA) is 106 Å². The fraction of sp³-hybridized carbons (Fsp3) is 0.265. The Labute approximate surface area is 267 Å². The van der Waals surface area contributed by atoms with Crippen LogP contribution in [0.3, 0.4) is 0 Å². The Hall–Kier alpha value is -4.51. The zero-order valence-electron chi connectivity index (χ0n) is 25.3. The van der Waals surface area contributed by atoms with Crippen LogP contribution in [0, 0.1) is 12.7 Å². The number of nitrogens with one attached hydrogen (secondary N) is 1. The highest BCUT2D eigenvalue weighted by Gasteiger charge is 2.20. The molecule has 4 aromatic carbocycles. The molecule has 0 bridgehead atoms. The van der Waals surface area contributed by atoms with E-state index in [4.69, 9.17) is 10.5 Å². The summed E-state index contributed by atoms with van der Waals surface area (Å²) >= 11 is 0. The first-order valence-corrected chi connectivity index (χ1v) is 14.7. The van der Waals surface area contributed by atoms with Crippen molar-refractivity contribution in [2.24, 2.45) is 0 Å². The van der Waals surface area contributed by atoms with Gasteiger partial charge in [0.05, 0.1) is 17.5 Å². The van der Waals surface area contributed by atoms with E-state index in [1.165, 1.54) is 10.7 Å². The number of aryl methyl sites for hydroxylation is 1. The molecule has 0 unspecified atom stereocenters. The van der Waals surface area contributed by atoms with E-state index in [2.05, 4.69) is 27.3 Å². The molecule has 1 fully saturated rings. The Morgan fingerprint density at radius 2 is 1.78 bits per heavy atom. The average Bonchev–Trinajstić information content (AvgIpc) is 3.38. The standard InChI is InChI=1S/C34H35FN6O3.ClH/c1-22-20-25(11-13-29(22)35)37-33(42)28-8-3-6-23-21-24(10-12-26(23)28)27-7-4-9-30-31(27)32(36)38-41(30)34(43)44-19-5-14-40-17-15-39(2)16-18-40;/h3-4,6-13,20-21H,5,14-19H2,1-2H3,(H2,36,38)(H,37,42);1H. The van der Waals surface area contributed by atoms with Crippen molar-refractivity contribution in [3.63, 3.8) is 0 Å². The summed E-state index contributed by atoms with van der Waals surface area (Å²) in [6, 6.07) is 21.4. The number of nitrogen functional groups attached to an aromatic ring is 1. The highest BCUT2D eigenvalue weighted by molar-refractivity contribution is 6.14. The molecule has 0 saturated carbocycles. The molecule has 0 radical (unpaired) electrons. The number of amides is 1. The monoisotopic (exact) mass is 630 g/mol. The van der Waals surface area contributed by atoms with Crippen LogP contribution in [0.1, 0.15) is 22.3 Å². The molecule has 1 aliphatic heterocycles. The van der Waals surface area contributed by atoms with E-state index < -0.39 is 6.09 Å². The number of nitrogens with two attached hydrogens (primary N) is 1. The van der Waals surface area contributed by atoms with Crippen LogP contribution in [-0.4, -0.2) is 78.0 Å². The number of carbonyl (C=O) groups is 2. The number of hydrogen-bond acceptors (Lipinski definition) is 7. The van der Waals surface area contributed by atoms with Gasteiger partial charge in [0.1, 0.15) is 5.82 Å². The van der Waals surface area contributed by atoms with Crippen LogP contribution in [0.4, 0.5) is 20.7 Å². The number of ether oxygens (including phenoxy) is 1. The molecule has 0 aliphatic carbocycles. The molecule has 234 valence electrons. The quantitative estimate of drug-likeness (QED) is 0.207. The predicted molar refractivity (Wildman–Crippen MR) is 179 cm³/mol. The SMILES string of the molecule is Cc1cc(NC(=O)c2cccc3cc(-c4cccc5c4c(N)nn5C(=O)OCCCN4CCN(C)CC4)ccc23)ccc1F.Cl. The largest absolute Gasteiger partial charge is 0.448 e. The average molecular weight is 631 g/mol. The molecule has 1 saturated heterocycles. The lowest BCUT2D eigenvalue weighted by Crippen LogP contribution is -2.44. The molecular formula is C34H36ClFN6O3. The molecule has 9 nitrogen and oxygen atoms in total. The lowest BCUT2D eigenvalue weighted by Gasteiger charge is -2.32. The summed E-state index contributed by atoms with van der Waals surface area (Å²) in [5.41, 5.74) is 10.1. The number of fused-ring (bicyclic) bond motifs is 2. The third-order valence-electron chi connectivity index (χ3n) is 8.20. The molecule has 45 heavy (non-hydrogen) atoms. The number of nitrogens with zero attached hydrogens (tertiary/aromatic N) is 4. The van der Waals surface area contributed by atoms with Crippen LogP contribution < -0.4 is 11.1 Å². The van der Waals surface area contributed by atoms with E-state index in [1.54, 1.807) is 31.2 Å². The molecule has 1 aromatic heterocycles. The number of anilines is 2. The van der Waals surface area contributed by atoms with E-state index in [9.17, 15) is 14.0 Å².